The van der Waals surface area contributed by atoms with Crippen LogP contribution in [0, 0.1) is 0 Å². The Balaban J connectivity index is 2.26. The number of nitrogens with two attached hydrogens (primary N) is 1. The van der Waals surface area contributed by atoms with Gasteiger partial charge in [-0.2, -0.15) is 25.3 Å². The number of thiol groups is 2. The quantitative estimate of drug-likeness (QED) is 0.201. The predicted octanol–water partition coefficient (Wildman–Crippen LogP) is -0.544. The van der Waals surface area contributed by atoms with Crippen molar-refractivity contribution in [2.45, 2.75) is 37.5 Å². The summed E-state index contributed by atoms with van der Waals surface area (Å²) in [6.45, 7) is 1.47. The highest BCUT2D eigenvalue weighted by molar-refractivity contribution is 7.80. The minimum absolute atomic E-state index is 0.0277. The van der Waals surface area contributed by atoms with Gasteiger partial charge in [-0.25, -0.2) is 4.79 Å². The molecule has 0 aliphatic carbocycles. The van der Waals surface area contributed by atoms with Crippen molar-refractivity contribution in [3.05, 3.63) is 36.0 Å². The molecule has 0 radical (unpaired) electrons. The maximum absolute atomic E-state index is 12.9. The molecule has 4 unspecified atom stereocenters. The minimum atomic E-state index is -1.25. The molecule has 0 spiro atoms. The van der Waals surface area contributed by atoms with E-state index in [-0.39, 0.29) is 17.9 Å². The van der Waals surface area contributed by atoms with Crippen molar-refractivity contribution in [1.29, 1.82) is 0 Å². The van der Waals surface area contributed by atoms with Crippen molar-refractivity contribution in [2.24, 2.45) is 5.73 Å². The first-order valence-corrected chi connectivity index (χ1v) is 11.1. The van der Waals surface area contributed by atoms with Gasteiger partial charge in [-0.15, -0.1) is 0 Å². The third-order valence-electron chi connectivity index (χ3n) is 4.76. The fourth-order valence-corrected chi connectivity index (χ4v) is 3.46. The first kappa shape index (κ1) is 25.6. The van der Waals surface area contributed by atoms with E-state index in [0.29, 0.717) is 0 Å². The van der Waals surface area contributed by atoms with E-state index in [1.165, 1.54) is 6.92 Å². The molecule has 2 rings (SSSR count). The van der Waals surface area contributed by atoms with Gasteiger partial charge in [0, 0.05) is 35.0 Å². The topological polar surface area (TPSA) is 166 Å². The molecule has 0 aliphatic heterocycles. The summed E-state index contributed by atoms with van der Waals surface area (Å²) >= 11 is 8.05. The van der Waals surface area contributed by atoms with Gasteiger partial charge in [0.25, 0.3) is 0 Å². The zero-order valence-corrected chi connectivity index (χ0v) is 19.2. The van der Waals surface area contributed by atoms with Gasteiger partial charge in [0.15, 0.2) is 0 Å². The Morgan fingerprint density at radius 1 is 0.969 bits per heavy atom. The Kier molecular flexibility index (Phi) is 9.42. The number of hydrogen-bond donors (Lipinski definition) is 8. The number of rotatable bonds is 11. The van der Waals surface area contributed by atoms with Gasteiger partial charge >= 0.3 is 5.97 Å². The van der Waals surface area contributed by atoms with Crippen LogP contribution in [-0.4, -0.2) is 69.5 Å². The van der Waals surface area contributed by atoms with E-state index in [4.69, 9.17) is 5.73 Å². The normalized spacial score (nSPS) is 14.8. The Labute approximate surface area is 195 Å². The van der Waals surface area contributed by atoms with Crippen LogP contribution < -0.4 is 21.7 Å². The fraction of sp³-hybridized carbons (Fsp3) is 0.400. The van der Waals surface area contributed by atoms with Crippen molar-refractivity contribution in [3.63, 3.8) is 0 Å². The molecule has 0 bridgehead atoms. The third kappa shape index (κ3) is 6.65. The van der Waals surface area contributed by atoms with E-state index < -0.39 is 47.9 Å². The summed E-state index contributed by atoms with van der Waals surface area (Å²) < 4.78 is 0. The summed E-state index contributed by atoms with van der Waals surface area (Å²) in [5, 5.41) is 17.5. The molecule has 1 aromatic heterocycles. The molecule has 0 saturated carbocycles. The lowest BCUT2D eigenvalue weighted by molar-refractivity contribution is -0.141. The SMILES string of the molecule is CC(N)C(=O)NC(CS)C(=O)NC(Cc1c[nH]c2ccccc12)C(=O)NC(CS)C(=O)O. The van der Waals surface area contributed by atoms with Crippen LogP contribution in [0.1, 0.15) is 12.5 Å². The largest absolute Gasteiger partial charge is 0.480 e. The number of aromatic nitrogens is 1. The van der Waals surface area contributed by atoms with Gasteiger partial charge in [0.2, 0.25) is 17.7 Å². The maximum Gasteiger partial charge on any atom is 0.327 e. The zero-order chi connectivity index (χ0) is 23.8. The van der Waals surface area contributed by atoms with E-state index in [0.717, 1.165) is 16.5 Å². The minimum Gasteiger partial charge on any atom is -0.480 e. The van der Waals surface area contributed by atoms with Crippen LogP contribution in [0.4, 0.5) is 0 Å². The Hall–Kier alpha value is -2.70. The van der Waals surface area contributed by atoms with Gasteiger partial charge in [-0.05, 0) is 18.6 Å². The highest BCUT2D eigenvalue weighted by Crippen LogP contribution is 2.19. The number of carbonyl (C=O) groups excluding carboxylic acids is 3. The van der Waals surface area contributed by atoms with E-state index in [9.17, 15) is 24.3 Å². The van der Waals surface area contributed by atoms with Crippen molar-refractivity contribution >= 4 is 59.9 Å². The van der Waals surface area contributed by atoms with Gasteiger partial charge in [-0.3, -0.25) is 14.4 Å². The average molecular weight is 482 g/mol. The zero-order valence-electron chi connectivity index (χ0n) is 17.4. The molecule has 7 N–H and O–H groups in total. The third-order valence-corrected chi connectivity index (χ3v) is 5.49. The number of para-hydroxylation sites is 1. The van der Waals surface area contributed by atoms with Gasteiger partial charge < -0.3 is 31.8 Å². The number of carboxylic acids is 1. The molecule has 10 nitrogen and oxygen atoms in total. The standard InChI is InChI=1S/C20H27N5O5S2/c1-10(21)17(26)24-15(8-31)19(28)23-14(18(27)25-16(9-32)20(29)30)6-11-7-22-13-5-3-2-4-12(11)13/h2-5,7,10,14-16,22,31-32H,6,8-9,21H2,1H3,(H,23,28)(H,24,26)(H,25,27)(H,29,30). The lowest BCUT2D eigenvalue weighted by Gasteiger charge is -2.24. The van der Waals surface area contributed by atoms with Gasteiger partial charge in [-0.1, -0.05) is 18.2 Å². The van der Waals surface area contributed by atoms with Crippen molar-refractivity contribution in [1.82, 2.24) is 20.9 Å². The first-order chi connectivity index (χ1) is 15.2. The molecule has 1 heterocycles. The highest BCUT2D eigenvalue weighted by Gasteiger charge is 2.29. The number of carbonyl (C=O) groups is 4. The second-order valence-electron chi connectivity index (χ2n) is 7.24. The van der Waals surface area contributed by atoms with Crippen molar-refractivity contribution in [2.75, 3.05) is 11.5 Å². The molecule has 174 valence electrons. The Morgan fingerprint density at radius 3 is 2.12 bits per heavy atom. The van der Waals surface area contributed by atoms with Gasteiger partial charge in [0.1, 0.15) is 18.1 Å². The van der Waals surface area contributed by atoms with Crippen LogP contribution >= 0.6 is 25.3 Å². The van der Waals surface area contributed by atoms with E-state index in [2.05, 4.69) is 46.2 Å². The molecular formula is C20H27N5O5S2. The molecule has 1 aromatic carbocycles. The number of carboxylic acid groups (broad SMARTS) is 1. The summed E-state index contributed by atoms with van der Waals surface area (Å²) in [7, 11) is 0. The predicted molar refractivity (Wildman–Crippen MR) is 127 cm³/mol. The Bertz CT molecular complexity index is 980. The van der Waals surface area contributed by atoms with E-state index >= 15 is 0 Å². The second kappa shape index (κ2) is 11.8. The number of aliphatic carboxylic acids is 1. The van der Waals surface area contributed by atoms with Crippen LogP contribution in [0.5, 0.6) is 0 Å². The average Bonchev–Trinajstić information content (AvgIpc) is 3.17. The molecule has 3 amide bonds. The molecule has 0 aliphatic rings. The van der Waals surface area contributed by atoms with Crippen LogP contribution in [0.15, 0.2) is 30.5 Å². The molecule has 0 fully saturated rings. The fourth-order valence-electron chi connectivity index (χ4n) is 2.96. The number of amides is 3. The maximum atomic E-state index is 12.9. The smallest absolute Gasteiger partial charge is 0.327 e. The number of nitrogens with one attached hydrogen (secondary N) is 4. The Morgan fingerprint density at radius 2 is 1.53 bits per heavy atom. The summed E-state index contributed by atoms with van der Waals surface area (Å²) in [4.78, 5) is 52.0. The lowest BCUT2D eigenvalue weighted by Crippen LogP contribution is -2.58. The van der Waals surface area contributed by atoms with Crippen LogP contribution in [0.25, 0.3) is 10.9 Å². The van der Waals surface area contributed by atoms with Gasteiger partial charge in [0.05, 0.1) is 6.04 Å². The summed E-state index contributed by atoms with van der Waals surface area (Å²) in [5.41, 5.74) is 7.13. The molecule has 0 saturated heterocycles. The van der Waals surface area contributed by atoms with E-state index in [1.54, 1.807) is 6.20 Å². The van der Waals surface area contributed by atoms with E-state index in [1.807, 2.05) is 24.3 Å². The lowest BCUT2D eigenvalue weighted by atomic mass is 10.0. The summed E-state index contributed by atoms with van der Waals surface area (Å²) in [6, 6.07) is 3.23. The summed E-state index contributed by atoms with van der Waals surface area (Å²) in [5.74, 6) is -3.28. The number of aromatic amines is 1. The number of benzene rings is 1. The highest BCUT2D eigenvalue weighted by atomic mass is 32.1. The molecule has 32 heavy (non-hydrogen) atoms. The van der Waals surface area contributed by atoms with Crippen molar-refractivity contribution in [3.8, 4) is 0 Å². The van der Waals surface area contributed by atoms with Crippen LogP contribution in [0.2, 0.25) is 0 Å². The molecular weight excluding hydrogens is 454 g/mol. The molecule has 2 aromatic rings. The number of H-pyrrole nitrogens is 1. The summed E-state index contributed by atoms with van der Waals surface area (Å²) in [6.07, 6.45) is 1.80. The number of fused-ring (bicyclic) bond motifs is 1. The van der Waals surface area contributed by atoms with Crippen molar-refractivity contribution < 1.29 is 24.3 Å². The first-order valence-electron chi connectivity index (χ1n) is 9.84. The van der Waals surface area contributed by atoms with Crippen LogP contribution in [0.3, 0.4) is 0 Å². The molecule has 4 atom stereocenters. The van der Waals surface area contributed by atoms with Crippen LogP contribution in [-0.2, 0) is 25.6 Å². The monoisotopic (exact) mass is 481 g/mol. The molecule has 12 heteroatoms. The second-order valence-corrected chi connectivity index (χ2v) is 7.97. The number of hydrogen-bond acceptors (Lipinski definition) is 7.